The van der Waals surface area contributed by atoms with Gasteiger partial charge in [-0.2, -0.15) is 0 Å². The van der Waals surface area contributed by atoms with E-state index in [1.54, 1.807) is 0 Å². The lowest BCUT2D eigenvalue weighted by Crippen LogP contribution is -2.20. The summed E-state index contributed by atoms with van der Waals surface area (Å²) in [6.45, 7) is 0.964. The van der Waals surface area contributed by atoms with E-state index in [9.17, 15) is 18.0 Å². The van der Waals surface area contributed by atoms with Crippen molar-refractivity contribution >= 4 is 32.9 Å². The molecule has 2 rings (SSSR count). The van der Waals surface area contributed by atoms with Crippen LogP contribution >= 0.6 is 0 Å². The maximum atomic E-state index is 11.6. The average Bonchev–Trinajstić information content (AvgIpc) is 3.00. The number of aromatic nitrogens is 1. The van der Waals surface area contributed by atoms with Crippen molar-refractivity contribution < 1.29 is 28.2 Å². The number of nitrogens with zero attached hydrogens (tertiary/aromatic N) is 1. The van der Waals surface area contributed by atoms with Crippen molar-refractivity contribution in [3.8, 4) is 0 Å². The fourth-order valence-corrected chi connectivity index (χ4v) is 3.06. The minimum Gasteiger partial charge on any atom is -0.478 e. The van der Waals surface area contributed by atoms with E-state index in [0.717, 1.165) is 29.4 Å². The number of aromatic amines is 1. The number of carboxylic acids is 2. The first-order valence-corrected chi connectivity index (χ1v) is 9.98. The van der Waals surface area contributed by atoms with Crippen LogP contribution in [0, 0.1) is 0 Å². The number of benzene rings is 1. The van der Waals surface area contributed by atoms with Gasteiger partial charge in [-0.15, -0.1) is 0 Å². The summed E-state index contributed by atoms with van der Waals surface area (Å²) in [5.74, 6) is -2.50. The minimum atomic E-state index is -3.23. The summed E-state index contributed by atoms with van der Waals surface area (Å²) in [6, 6.07) is 5.75. The van der Waals surface area contributed by atoms with Crippen LogP contribution in [0.15, 0.2) is 36.5 Å². The maximum absolute atomic E-state index is 11.6. The van der Waals surface area contributed by atoms with E-state index in [1.807, 2.05) is 38.5 Å². The highest BCUT2D eigenvalue weighted by atomic mass is 32.2. The normalized spacial score (nSPS) is 11.6. The van der Waals surface area contributed by atoms with Crippen LogP contribution in [0.25, 0.3) is 10.9 Å². The zero-order valence-electron chi connectivity index (χ0n) is 16.0. The molecule has 0 aliphatic rings. The molecule has 0 amide bonds. The number of hydrogen-bond donors (Lipinski definition) is 4. The largest absolute Gasteiger partial charge is 0.478 e. The molecule has 4 N–H and O–H groups in total. The molecular weight excluding hydrogens is 386 g/mol. The Morgan fingerprint density at radius 2 is 1.79 bits per heavy atom. The van der Waals surface area contributed by atoms with E-state index in [4.69, 9.17) is 10.2 Å². The summed E-state index contributed by atoms with van der Waals surface area (Å²) in [4.78, 5) is 24.5. The Kier molecular flexibility index (Phi) is 8.83. The van der Waals surface area contributed by atoms with E-state index in [-0.39, 0.29) is 5.75 Å². The molecule has 154 valence electrons. The number of carboxylic acid groups (broad SMARTS) is 2. The van der Waals surface area contributed by atoms with E-state index in [1.165, 1.54) is 12.6 Å². The highest BCUT2D eigenvalue weighted by molar-refractivity contribution is 7.88. The van der Waals surface area contributed by atoms with Crippen molar-refractivity contribution in [2.24, 2.45) is 0 Å². The standard InChI is InChI=1S/C14H21N3O2S.C4H4O4/c1-15-20(18,19)10-11-4-5-14-13(8-11)12(9-16-14)6-7-17(2)3;5-3(6)1-2-4(7)8/h4-5,8-9,15-16H,6-7,10H2,1-3H3;1-2H,(H,5,6)(H,7,8)/b;2-1+. The lowest BCUT2D eigenvalue weighted by molar-refractivity contribution is -0.134. The predicted molar refractivity (Wildman–Crippen MR) is 107 cm³/mol. The van der Waals surface area contributed by atoms with Gasteiger partial charge in [0.1, 0.15) is 0 Å². The fraction of sp³-hybridized carbons (Fsp3) is 0.333. The third kappa shape index (κ3) is 8.33. The molecule has 0 unspecified atom stereocenters. The molecule has 0 fully saturated rings. The van der Waals surface area contributed by atoms with E-state index < -0.39 is 22.0 Å². The zero-order chi connectivity index (χ0) is 21.3. The molecule has 0 aliphatic carbocycles. The average molecular weight is 411 g/mol. The maximum Gasteiger partial charge on any atom is 0.328 e. The number of carbonyl (C=O) groups is 2. The number of sulfonamides is 1. The molecule has 1 aromatic heterocycles. The monoisotopic (exact) mass is 411 g/mol. The van der Waals surface area contributed by atoms with Crippen molar-refractivity contribution in [1.82, 2.24) is 14.6 Å². The van der Waals surface area contributed by atoms with Crippen LogP contribution in [0.3, 0.4) is 0 Å². The molecule has 0 aliphatic heterocycles. The Bertz CT molecular complexity index is 931. The van der Waals surface area contributed by atoms with Crippen LogP contribution in [0.5, 0.6) is 0 Å². The van der Waals surface area contributed by atoms with Gasteiger partial charge in [-0.1, -0.05) is 6.07 Å². The molecule has 9 nitrogen and oxygen atoms in total. The Balaban J connectivity index is 0.000000416. The van der Waals surface area contributed by atoms with Gasteiger partial charge in [0, 0.05) is 35.8 Å². The van der Waals surface area contributed by atoms with Gasteiger partial charge < -0.3 is 20.1 Å². The summed E-state index contributed by atoms with van der Waals surface area (Å²) >= 11 is 0. The van der Waals surface area contributed by atoms with Crippen molar-refractivity contribution in [3.63, 3.8) is 0 Å². The summed E-state index contributed by atoms with van der Waals surface area (Å²) in [5.41, 5.74) is 3.07. The summed E-state index contributed by atoms with van der Waals surface area (Å²) < 4.78 is 25.6. The van der Waals surface area contributed by atoms with Gasteiger partial charge in [0.2, 0.25) is 10.0 Å². The Morgan fingerprint density at radius 3 is 2.29 bits per heavy atom. The van der Waals surface area contributed by atoms with Crippen LogP contribution in [-0.2, 0) is 31.8 Å². The van der Waals surface area contributed by atoms with Gasteiger partial charge in [0.15, 0.2) is 0 Å². The second kappa shape index (κ2) is 10.6. The number of aliphatic carboxylic acids is 2. The predicted octanol–water partition coefficient (Wildman–Crippen LogP) is 1.03. The SMILES string of the molecule is CNS(=O)(=O)Cc1ccc2[nH]cc(CCN(C)C)c2c1.O=C(O)/C=C/C(=O)O. The van der Waals surface area contributed by atoms with E-state index >= 15 is 0 Å². The van der Waals surface area contributed by atoms with E-state index in [0.29, 0.717) is 12.2 Å². The number of H-pyrrole nitrogens is 1. The second-order valence-electron chi connectivity index (χ2n) is 6.22. The minimum absolute atomic E-state index is 0.0116. The zero-order valence-corrected chi connectivity index (χ0v) is 16.8. The van der Waals surface area contributed by atoms with Crippen LogP contribution in [-0.4, -0.2) is 68.1 Å². The Morgan fingerprint density at radius 1 is 1.18 bits per heavy atom. The third-order valence-corrected chi connectivity index (χ3v) is 5.03. The second-order valence-corrected chi connectivity index (χ2v) is 8.15. The van der Waals surface area contributed by atoms with Gasteiger partial charge in [-0.05, 0) is 50.8 Å². The topological polar surface area (TPSA) is 140 Å². The molecule has 10 heteroatoms. The number of rotatable bonds is 8. The molecular formula is C18H25N3O6S. The van der Waals surface area contributed by atoms with Gasteiger partial charge in [-0.3, -0.25) is 0 Å². The highest BCUT2D eigenvalue weighted by Gasteiger charge is 2.11. The van der Waals surface area contributed by atoms with Crippen molar-refractivity contribution in [3.05, 3.63) is 47.7 Å². The van der Waals surface area contributed by atoms with Crippen LogP contribution in [0.2, 0.25) is 0 Å². The van der Waals surface area contributed by atoms with Gasteiger partial charge >= 0.3 is 11.9 Å². The smallest absolute Gasteiger partial charge is 0.328 e. The first-order valence-electron chi connectivity index (χ1n) is 8.33. The van der Waals surface area contributed by atoms with Gasteiger partial charge in [0.05, 0.1) is 5.75 Å². The Labute approximate surface area is 163 Å². The third-order valence-electron chi connectivity index (χ3n) is 3.70. The van der Waals surface area contributed by atoms with E-state index in [2.05, 4.69) is 14.6 Å². The fourth-order valence-electron chi connectivity index (χ4n) is 2.30. The molecule has 0 atom stereocenters. The molecule has 1 aromatic carbocycles. The molecule has 0 saturated carbocycles. The first kappa shape index (κ1) is 23.3. The first-order chi connectivity index (χ1) is 13.0. The molecule has 1 heterocycles. The number of hydrogen-bond acceptors (Lipinski definition) is 5. The number of likely N-dealkylation sites (N-methyl/N-ethyl adjacent to an activating group) is 1. The molecule has 28 heavy (non-hydrogen) atoms. The van der Waals surface area contributed by atoms with Gasteiger partial charge in [0.25, 0.3) is 0 Å². The molecule has 0 bridgehead atoms. The summed E-state index contributed by atoms with van der Waals surface area (Å²) in [5, 5.41) is 16.7. The molecule has 0 saturated heterocycles. The molecule has 2 aromatic rings. The molecule has 0 radical (unpaired) electrons. The van der Waals surface area contributed by atoms with Crippen molar-refractivity contribution in [2.75, 3.05) is 27.7 Å². The number of nitrogens with one attached hydrogen (secondary N) is 2. The lowest BCUT2D eigenvalue weighted by atomic mass is 10.1. The summed E-state index contributed by atoms with van der Waals surface area (Å²) in [7, 11) is 2.29. The lowest BCUT2D eigenvalue weighted by Gasteiger charge is -2.08. The quantitative estimate of drug-likeness (QED) is 0.476. The van der Waals surface area contributed by atoms with Gasteiger partial charge in [-0.25, -0.2) is 22.7 Å². The van der Waals surface area contributed by atoms with Crippen LogP contribution in [0.1, 0.15) is 11.1 Å². The molecule has 0 spiro atoms. The summed E-state index contributed by atoms with van der Waals surface area (Å²) in [6.07, 6.45) is 4.06. The Hall–Kier alpha value is -2.69. The van der Waals surface area contributed by atoms with Crippen LogP contribution in [0.4, 0.5) is 0 Å². The highest BCUT2D eigenvalue weighted by Crippen LogP contribution is 2.21. The van der Waals surface area contributed by atoms with Crippen molar-refractivity contribution in [1.29, 1.82) is 0 Å². The number of fused-ring (bicyclic) bond motifs is 1. The van der Waals surface area contributed by atoms with Crippen molar-refractivity contribution in [2.45, 2.75) is 12.2 Å². The van der Waals surface area contributed by atoms with Crippen LogP contribution < -0.4 is 4.72 Å².